The van der Waals surface area contributed by atoms with Crippen molar-refractivity contribution in [2.45, 2.75) is 32.2 Å². The zero-order valence-corrected chi connectivity index (χ0v) is 12.6. The predicted octanol–water partition coefficient (Wildman–Crippen LogP) is 1.60. The number of rotatable bonds is 5. The summed E-state index contributed by atoms with van der Waals surface area (Å²) in [7, 11) is -2.99. The van der Waals surface area contributed by atoms with E-state index in [-0.39, 0.29) is 29.8 Å². The maximum Gasteiger partial charge on any atom is 0.164 e. The molecule has 1 N–H and O–H groups in total. The quantitative estimate of drug-likeness (QED) is 0.838. The molecule has 0 aromatic heterocycles. The molecule has 0 aliphatic carbocycles. The molecule has 2 rings (SSSR count). The summed E-state index contributed by atoms with van der Waals surface area (Å²) in [5, 5.41) is 3.12. The number of aryl methyl sites for hydroxylation is 1. The van der Waals surface area contributed by atoms with E-state index < -0.39 is 9.84 Å². The highest BCUT2D eigenvalue weighted by molar-refractivity contribution is 7.91. The number of carbonyl (C=O) groups is 1. The Morgan fingerprint density at radius 1 is 1.40 bits per heavy atom. The second kappa shape index (κ2) is 6.50. The van der Waals surface area contributed by atoms with E-state index in [0.29, 0.717) is 12.1 Å². The van der Waals surface area contributed by atoms with Gasteiger partial charge in [0.2, 0.25) is 0 Å². The first-order chi connectivity index (χ1) is 9.50. The molecule has 0 spiro atoms. The van der Waals surface area contributed by atoms with Crippen LogP contribution in [0.5, 0.6) is 0 Å². The molecule has 1 aliphatic rings. The van der Waals surface area contributed by atoms with Crippen molar-refractivity contribution in [2.24, 2.45) is 0 Å². The third-order valence-corrected chi connectivity index (χ3v) is 5.26. The first-order valence-corrected chi connectivity index (χ1v) is 8.88. The van der Waals surface area contributed by atoms with Crippen molar-refractivity contribution in [1.29, 1.82) is 0 Å². The van der Waals surface area contributed by atoms with Crippen LogP contribution in [-0.2, 0) is 16.3 Å². The summed E-state index contributed by atoms with van der Waals surface area (Å²) in [6, 6.07) is 7.38. The van der Waals surface area contributed by atoms with Crippen molar-refractivity contribution in [3.05, 3.63) is 35.4 Å². The summed E-state index contributed by atoms with van der Waals surface area (Å²) < 4.78 is 23.1. The van der Waals surface area contributed by atoms with Gasteiger partial charge in [0.25, 0.3) is 0 Å². The Kier molecular flexibility index (Phi) is 4.94. The number of hydrogen-bond donors (Lipinski definition) is 1. The van der Waals surface area contributed by atoms with Crippen molar-refractivity contribution in [2.75, 3.05) is 18.1 Å². The lowest BCUT2D eigenvalue weighted by Gasteiger charge is -2.23. The van der Waals surface area contributed by atoms with Gasteiger partial charge in [0, 0.05) is 24.6 Å². The molecular weight excluding hydrogens is 274 g/mol. The molecular formula is C15H21NO3S. The number of carbonyl (C=O) groups excluding carboxylic acids is 1. The Hall–Kier alpha value is -1.20. The van der Waals surface area contributed by atoms with Gasteiger partial charge in [-0.3, -0.25) is 4.79 Å². The van der Waals surface area contributed by atoms with Crippen LogP contribution < -0.4 is 5.32 Å². The van der Waals surface area contributed by atoms with Crippen LogP contribution in [0.3, 0.4) is 0 Å². The molecule has 0 saturated carbocycles. The summed E-state index contributed by atoms with van der Waals surface area (Å²) in [6.45, 7) is 2.54. The minimum Gasteiger partial charge on any atom is -0.312 e. The standard InChI is InChI=1S/C15H21NO3S/c1-2-4-12-5-3-6-13(9-12)15(17)10-14-11-20(18,19)8-7-16-14/h3,5-6,9,14,16H,2,4,7-8,10-11H2,1H3. The van der Waals surface area contributed by atoms with Gasteiger partial charge in [0.05, 0.1) is 11.5 Å². The van der Waals surface area contributed by atoms with Gasteiger partial charge in [-0.2, -0.15) is 0 Å². The topological polar surface area (TPSA) is 63.2 Å². The smallest absolute Gasteiger partial charge is 0.164 e. The fourth-order valence-electron chi connectivity index (χ4n) is 2.53. The summed E-state index contributed by atoms with van der Waals surface area (Å²) >= 11 is 0. The van der Waals surface area contributed by atoms with E-state index in [9.17, 15) is 13.2 Å². The summed E-state index contributed by atoms with van der Waals surface area (Å²) in [4.78, 5) is 12.2. The monoisotopic (exact) mass is 295 g/mol. The van der Waals surface area contributed by atoms with Crippen molar-refractivity contribution in [3.8, 4) is 0 Å². The summed E-state index contributed by atoms with van der Waals surface area (Å²) in [5.41, 5.74) is 1.84. The Morgan fingerprint density at radius 2 is 2.20 bits per heavy atom. The Balaban J connectivity index is 2.02. The summed E-state index contributed by atoms with van der Waals surface area (Å²) in [6.07, 6.45) is 2.24. The van der Waals surface area contributed by atoms with Crippen molar-refractivity contribution in [1.82, 2.24) is 5.32 Å². The minimum atomic E-state index is -2.99. The van der Waals surface area contributed by atoms with E-state index in [4.69, 9.17) is 0 Å². The number of nitrogens with one attached hydrogen (secondary N) is 1. The Bertz CT molecular complexity index is 581. The molecule has 5 heteroatoms. The van der Waals surface area contributed by atoms with Crippen LogP contribution in [0.1, 0.15) is 35.7 Å². The molecule has 1 saturated heterocycles. The second-order valence-electron chi connectivity index (χ2n) is 5.34. The third-order valence-electron chi connectivity index (χ3n) is 3.52. The highest BCUT2D eigenvalue weighted by Gasteiger charge is 2.26. The molecule has 4 nitrogen and oxygen atoms in total. The van der Waals surface area contributed by atoms with E-state index in [1.165, 1.54) is 0 Å². The maximum atomic E-state index is 12.2. The van der Waals surface area contributed by atoms with Gasteiger partial charge in [-0.05, 0) is 18.1 Å². The molecule has 1 unspecified atom stereocenters. The molecule has 110 valence electrons. The molecule has 0 bridgehead atoms. The van der Waals surface area contributed by atoms with Crippen LogP contribution in [0.4, 0.5) is 0 Å². The molecule has 0 amide bonds. The first-order valence-electron chi connectivity index (χ1n) is 7.06. The molecule has 0 radical (unpaired) electrons. The zero-order valence-electron chi connectivity index (χ0n) is 11.8. The fraction of sp³-hybridized carbons (Fsp3) is 0.533. The molecule has 1 aromatic carbocycles. The first kappa shape index (κ1) is 15.2. The Morgan fingerprint density at radius 3 is 2.90 bits per heavy atom. The lowest BCUT2D eigenvalue weighted by atomic mass is 10.0. The van der Waals surface area contributed by atoms with E-state index in [1.807, 2.05) is 18.2 Å². The van der Waals surface area contributed by atoms with Gasteiger partial charge in [-0.25, -0.2) is 8.42 Å². The molecule has 1 aromatic rings. The zero-order chi connectivity index (χ0) is 14.6. The van der Waals surface area contributed by atoms with Crippen LogP contribution in [0.2, 0.25) is 0 Å². The normalized spacial score (nSPS) is 21.6. The predicted molar refractivity (Wildman–Crippen MR) is 79.8 cm³/mol. The van der Waals surface area contributed by atoms with Gasteiger partial charge < -0.3 is 5.32 Å². The van der Waals surface area contributed by atoms with Crippen LogP contribution in [-0.4, -0.2) is 38.3 Å². The maximum absolute atomic E-state index is 12.2. The highest BCUT2D eigenvalue weighted by atomic mass is 32.2. The molecule has 1 aliphatic heterocycles. The van der Waals surface area contributed by atoms with Crippen LogP contribution >= 0.6 is 0 Å². The molecule has 20 heavy (non-hydrogen) atoms. The van der Waals surface area contributed by atoms with Gasteiger partial charge in [-0.1, -0.05) is 31.5 Å². The lowest BCUT2D eigenvalue weighted by molar-refractivity contribution is 0.0971. The summed E-state index contributed by atoms with van der Waals surface area (Å²) in [5.74, 6) is 0.245. The van der Waals surface area contributed by atoms with Crippen LogP contribution in [0.15, 0.2) is 24.3 Å². The highest BCUT2D eigenvalue weighted by Crippen LogP contribution is 2.13. The number of sulfone groups is 1. The third kappa shape index (κ3) is 4.15. The molecule has 1 heterocycles. The van der Waals surface area contributed by atoms with Crippen LogP contribution in [0.25, 0.3) is 0 Å². The van der Waals surface area contributed by atoms with E-state index in [2.05, 4.69) is 12.2 Å². The average Bonchev–Trinajstić information content (AvgIpc) is 2.38. The van der Waals surface area contributed by atoms with E-state index in [0.717, 1.165) is 18.4 Å². The van der Waals surface area contributed by atoms with Gasteiger partial charge >= 0.3 is 0 Å². The number of ketones is 1. The number of hydrogen-bond acceptors (Lipinski definition) is 4. The van der Waals surface area contributed by atoms with Crippen molar-refractivity contribution >= 4 is 15.6 Å². The van der Waals surface area contributed by atoms with Gasteiger partial charge in [0.15, 0.2) is 15.6 Å². The minimum absolute atomic E-state index is 0.0116. The second-order valence-corrected chi connectivity index (χ2v) is 7.57. The molecule has 1 atom stereocenters. The number of Topliss-reactive ketones (excluding diaryl/α,β-unsaturated/α-hetero) is 1. The van der Waals surface area contributed by atoms with Gasteiger partial charge in [-0.15, -0.1) is 0 Å². The van der Waals surface area contributed by atoms with Gasteiger partial charge in [0.1, 0.15) is 0 Å². The molecule has 1 fully saturated rings. The van der Waals surface area contributed by atoms with E-state index in [1.54, 1.807) is 6.07 Å². The van der Waals surface area contributed by atoms with Crippen LogP contribution in [0, 0.1) is 0 Å². The van der Waals surface area contributed by atoms with Crippen molar-refractivity contribution < 1.29 is 13.2 Å². The van der Waals surface area contributed by atoms with Crippen molar-refractivity contribution in [3.63, 3.8) is 0 Å². The SMILES string of the molecule is CCCc1cccc(C(=O)CC2CS(=O)(=O)CCN2)c1. The fourth-order valence-corrected chi connectivity index (χ4v) is 3.97. The van der Waals surface area contributed by atoms with E-state index >= 15 is 0 Å². The average molecular weight is 295 g/mol. The largest absolute Gasteiger partial charge is 0.312 e. The number of benzene rings is 1. The lowest BCUT2D eigenvalue weighted by Crippen LogP contribution is -2.46. The Labute approximate surface area is 120 Å².